The quantitative estimate of drug-likeness (QED) is 0.614. The first-order valence-electron chi connectivity index (χ1n) is 5.87. The van der Waals surface area contributed by atoms with Crippen molar-refractivity contribution in [3.63, 3.8) is 0 Å². The molecule has 1 amide bonds. The number of carboxylic acids is 1. The lowest BCUT2D eigenvalue weighted by Gasteiger charge is -2.21. The van der Waals surface area contributed by atoms with Gasteiger partial charge in [0.15, 0.2) is 0 Å². The third-order valence-electron chi connectivity index (χ3n) is 2.54. The third-order valence-corrected chi connectivity index (χ3v) is 2.54. The Bertz CT molecular complexity index is 335. The van der Waals surface area contributed by atoms with Gasteiger partial charge in [0, 0.05) is 12.3 Å². The van der Waals surface area contributed by atoms with Crippen LogP contribution < -0.4 is 5.32 Å². The number of carbonyl (C=O) groups excluding carboxylic acids is 1. The van der Waals surface area contributed by atoms with Crippen LogP contribution in [0.25, 0.3) is 0 Å². The van der Waals surface area contributed by atoms with Crippen LogP contribution in [0.4, 0.5) is 0 Å². The highest BCUT2D eigenvalue weighted by atomic mass is 16.4. The fourth-order valence-corrected chi connectivity index (χ4v) is 1.51. The second-order valence-corrected chi connectivity index (χ2v) is 4.81. The summed E-state index contributed by atoms with van der Waals surface area (Å²) >= 11 is 0. The van der Waals surface area contributed by atoms with Gasteiger partial charge in [-0.3, -0.25) is 4.79 Å². The van der Waals surface area contributed by atoms with E-state index in [1.807, 2.05) is 19.9 Å². The molecule has 0 aromatic carbocycles. The van der Waals surface area contributed by atoms with E-state index in [2.05, 4.69) is 5.32 Å². The van der Waals surface area contributed by atoms with Crippen LogP contribution in [0.15, 0.2) is 0 Å². The zero-order chi connectivity index (χ0) is 14.3. The third kappa shape index (κ3) is 5.64. The monoisotopic (exact) mass is 256 g/mol. The molecule has 0 aliphatic heterocycles. The summed E-state index contributed by atoms with van der Waals surface area (Å²) in [4.78, 5) is 22.6. The van der Waals surface area contributed by atoms with Crippen molar-refractivity contribution in [2.24, 2.45) is 11.8 Å². The van der Waals surface area contributed by atoms with Crippen molar-refractivity contribution in [3.8, 4) is 6.07 Å². The number of nitrogens with one attached hydrogen (secondary N) is 1. The number of nitriles is 1. The van der Waals surface area contributed by atoms with Crippen molar-refractivity contribution >= 4 is 11.9 Å². The zero-order valence-corrected chi connectivity index (χ0v) is 10.9. The topological polar surface area (TPSA) is 110 Å². The lowest BCUT2D eigenvalue weighted by Crippen LogP contribution is -2.49. The van der Waals surface area contributed by atoms with Crippen molar-refractivity contribution < 1.29 is 19.8 Å². The van der Waals surface area contributed by atoms with E-state index in [1.54, 1.807) is 6.92 Å². The van der Waals surface area contributed by atoms with Crippen LogP contribution in [-0.4, -0.2) is 34.2 Å². The average Bonchev–Trinajstić information content (AvgIpc) is 2.24. The number of aliphatic carboxylic acids is 1. The summed E-state index contributed by atoms with van der Waals surface area (Å²) < 4.78 is 0. The Morgan fingerprint density at radius 3 is 2.28 bits per heavy atom. The molecule has 0 unspecified atom stereocenters. The van der Waals surface area contributed by atoms with E-state index < -0.39 is 29.9 Å². The van der Waals surface area contributed by atoms with Gasteiger partial charge in [-0.15, -0.1) is 0 Å². The van der Waals surface area contributed by atoms with Crippen LogP contribution in [0.5, 0.6) is 0 Å². The molecule has 102 valence electrons. The number of carbonyl (C=O) groups is 2. The van der Waals surface area contributed by atoms with Crippen molar-refractivity contribution in [1.29, 1.82) is 5.26 Å². The summed E-state index contributed by atoms with van der Waals surface area (Å²) in [5.41, 5.74) is 0. The number of aliphatic hydroxyl groups excluding tert-OH is 1. The number of hydrogen-bond donors (Lipinski definition) is 3. The first kappa shape index (κ1) is 16.4. The molecular weight excluding hydrogens is 236 g/mol. The molecule has 0 saturated heterocycles. The Labute approximate surface area is 107 Å². The van der Waals surface area contributed by atoms with Crippen LogP contribution in [0.3, 0.4) is 0 Å². The van der Waals surface area contributed by atoms with Gasteiger partial charge in [-0.25, -0.2) is 4.79 Å². The summed E-state index contributed by atoms with van der Waals surface area (Å²) in [7, 11) is 0. The number of carboxylic acid groups (broad SMARTS) is 1. The summed E-state index contributed by atoms with van der Waals surface area (Å²) in [6.07, 6.45) is -0.927. The molecule has 6 heteroatoms. The number of rotatable bonds is 7. The Balaban J connectivity index is 4.55. The van der Waals surface area contributed by atoms with Crippen LogP contribution >= 0.6 is 0 Å². The molecule has 0 radical (unpaired) electrons. The molecule has 0 fully saturated rings. The normalized spacial score (nSPS) is 15.6. The van der Waals surface area contributed by atoms with Gasteiger partial charge >= 0.3 is 5.97 Å². The highest BCUT2D eigenvalue weighted by Crippen LogP contribution is 2.10. The van der Waals surface area contributed by atoms with Gasteiger partial charge in [0.2, 0.25) is 5.91 Å². The van der Waals surface area contributed by atoms with E-state index in [4.69, 9.17) is 10.4 Å². The Kier molecular flexibility index (Phi) is 6.98. The van der Waals surface area contributed by atoms with E-state index in [-0.39, 0.29) is 18.8 Å². The molecule has 6 nitrogen and oxygen atoms in total. The van der Waals surface area contributed by atoms with Crippen LogP contribution in [0.1, 0.15) is 33.6 Å². The number of amides is 1. The van der Waals surface area contributed by atoms with Gasteiger partial charge in [-0.1, -0.05) is 20.8 Å². The van der Waals surface area contributed by atoms with E-state index >= 15 is 0 Å². The van der Waals surface area contributed by atoms with Gasteiger partial charge in [-0.05, 0) is 12.3 Å². The smallest absolute Gasteiger partial charge is 0.326 e. The highest BCUT2D eigenvalue weighted by Gasteiger charge is 2.28. The lowest BCUT2D eigenvalue weighted by atomic mass is 9.98. The summed E-state index contributed by atoms with van der Waals surface area (Å²) in [5.74, 6) is -2.29. The Hall–Kier alpha value is -1.61. The average molecular weight is 256 g/mol. The van der Waals surface area contributed by atoms with E-state index in [0.717, 1.165) is 0 Å². The predicted octanol–water partition coefficient (Wildman–Crippen LogP) is 0.513. The van der Waals surface area contributed by atoms with Gasteiger partial charge in [-0.2, -0.15) is 5.26 Å². The second kappa shape index (κ2) is 7.67. The molecule has 0 bridgehead atoms. The van der Waals surface area contributed by atoms with Crippen LogP contribution in [0, 0.1) is 23.2 Å². The van der Waals surface area contributed by atoms with Gasteiger partial charge in [0.25, 0.3) is 0 Å². The molecule has 0 aliphatic rings. The summed E-state index contributed by atoms with van der Waals surface area (Å²) in [6.45, 7) is 5.27. The lowest BCUT2D eigenvalue weighted by molar-refractivity contribution is -0.145. The Morgan fingerprint density at radius 2 is 1.89 bits per heavy atom. The van der Waals surface area contributed by atoms with Crippen molar-refractivity contribution in [1.82, 2.24) is 5.32 Å². The number of hydrogen-bond acceptors (Lipinski definition) is 4. The van der Waals surface area contributed by atoms with Crippen molar-refractivity contribution in [2.75, 3.05) is 0 Å². The van der Waals surface area contributed by atoms with Gasteiger partial charge in [0.1, 0.15) is 12.1 Å². The minimum atomic E-state index is -1.22. The van der Waals surface area contributed by atoms with Gasteiger partial charge in [0.05, 0.1) is 6.07 Å². The summed E-state index contributed by atoms with van der Waals surface area (Å²) in [5, 5.41) is 29.3. The highest BCUT2D eigenvalue weighted by molar-refractivity contribution is 5.86. The molecule has 0 aromatic heterocycles. The van der Waals surface area contributed by atoms with Gasteiger partial charge < -0.3 is 15.5 Å². The maximum atomic E-state index is 11.6. The molecule has 0 aliphatic carbocycles. The maximum absolute atomic E-state index is 11.6. The second-order valence-electron chi connectivity index (χ2n) is 4.81. The molecule has 0 heterocycles. The van der Waals surface area contributed by atoms with E-state index in [9.17, 15) is 14.7 Å². The number of nitrogens with zero attached hydrogens (tertiary/aromatic N) is 1. The predicted molar refractivity (Wildman–Crippen MR) is 64.4 cm³/mol. The molecule has 0 saturated carbocycles. The molecule has 3 atom stereocenters. The molecule has 18 heavy (non-hydrogen) atoms. The zero-order valence-electron chi connectivity index (χ0n) is 10.9. The first-order valence-corrected chi connectivity index (χ1v) is 5.87. The van der Waals surface area contributed by atoms with Crippen LogP contribution in [0.2, 0.25) is 0 Å². The van der Waals surface area contributed by atoms with Crippen LogP contribution in [-0.2, 0) is 9.59 Å². The van der Waals surface area contributed by atoms with Crippen molar-refractivity contribution in [2.45, 2.75) is 45.8 Å². The SMILES string of the molecule is CC(C)C[C@H](O)C(=O)N[C@H](C(=O)O)[C@H](C)CC#N. The molecule has 0 spiro atoms. The van der Waals surface area contributed by atoms with E-state index in [0.29, 0.717) is 0 Å². The fraction of sp³-hybridized carbons (Fsp3) is 0.750. The Morgan fingerprint density at radius 1 is 1.33 bits per heavy atom. The molecule has 0 aromatic rings. The minimum Gasteiger partial charge on any atom is -0.480 e. The molecular formula is C12H20N2O4. The molecule has 0 rings (SSSR count). The van der Waals surface area contributed by atoms with E-state index in [1.165, 1.54) is 0 Å². The molecule has 3 N–H and O–H groups in total. The maximum Gasteiger partial charge on any atom is 0.326 e. The van der Waals surface area contributed by atoms with Crippen molar-refractivity contribution in [3.05, 3.63) is 0 Å². The minimum absolute atomic E-state index is 0.0253. The largest absolute Gasteiger partial charge is 0.480 e. The fourth-order valence-electron chi connectivity index (χ4n) is 1.51. The standard InChI is InChI=1S/C12H20N2O4/c1-7(2)6-9(15)11(16)14-10(12(17)18)8(3)4-5-13/h7-10,15H,4,6H2,1-3H3,(H,14,16)(H,17,18)/t8-,9+,10+/m1/s1. The number of aliphatic hydroxyl groups is 1. The summed E-state index contributed by atoms with van der Waals surface area (Å²) in [6, 6.07) is 0.707. The first-order chi connectivity index (χ1) is 8.29.